The van der Waals surface area contributed by atoms with Crippen molar-refractivity contribution in [3.63, 3.8) is 0 Å². The number of amides is 2. The van der Waals surface area contributed by atoms with Crippen LogP contribution < -0.4 is 16.9 Å². The molecule has 34 heavy (non-hydrogen) atoms. The average Bonchev–Trinajstić information content (AvgIpc) is 3.46. The molecule has 7 heteroatoms. The van der Waals surface area contributed by atoms with E-state index in [1.165, 1.54) is 46.7 Å². The Kier molecular flexibility index (Phi) is 13.0. The summed E-state index contributed by atoms with van der Waals surface area (Å²) in [7, 11) is 0. The van der Waals surface area contributed by atoms with Crippen LogP contribution in [0.5, 0.6) is 0 Å². The first-order chi connectivity index (χ1) is 15.6. The lowest BCUT2D eigenvalue weighted by Gasteiger charge is -2.18. The molecule has 0 aromatic heterocycles. The Morgan fingerprint density at radius 3 is 1.79 bits per heavy atom. The number of aryl methyl sites for hydroxylation is 1. The Balaban J connectivity index is 0.000000569. The molecule has 0 saturated heterocycles. The summed E-state index contributed by atoms with van der Waals surface area (Å²) in [5, 5.41) is 18.9. The summed E-state index contributed by atoms with van der Waals surface area (Å²) < 4.78 is 13.0. The van der Waals surface area contributed by atoms with Gasteiger partial charge in [-0.3, -0.25) is 0 Å². The number of nitrogens with two attached hydrogens (primary N) is 2. The number of hydrogen-bond acceptors (Lipinski definition) is 4. The van der Waals surface area contributed by atoms with Gasteiger partial charge in [-0.1, -0.05) is 33.4 Å². The SMILES string of the molecule is C.CC.Cc1c2c(c(NC(N)=O)c3c1CCC3)CCC2.Cc1ccc(C(C)(C)O)cc1F.NO. The summed E-state index contributed by atoms with van der Waals surface area (Å²) in [6, 6.07) is 4.34. The molecule has 0 bridgehead atoms. The zero-order valence-corrected chi connectivity index (χ0v) is 20.8. The molecule has 0 fully saturated rings. The zero-order valence-electron chi connectivity index (χ0n) is 20.8. The highest BCUT2D eigenvalue weighted by Crippen LogP contribution is 2.41. The first-order valence-corrected chi connectivity index (χ1v) is 11.6. The lowest BCUT2D eigenvalue weighted by Crippen LogP contribution is -2.21. The third-order valence-corrected chi connectivity index (χ3v) is 6.07. The molecule has 2 aromatic rings. The molecule has 0 heterocycles. The number of nitrogens with one attached hydrogen (secondary N) is 1. The minimum Gasteiger partial charge on any atom is -0.386 e. The molecule has 2 aliphatic rings. The second-order valence-electron chi connectivity index (χ2n) is 8.63. The highest BCUT2D eigenvalue weighted by Gasteiger charge is 2.27. The normalized spacial score (nSPS) is 12.9. The van der Waals surface area contributed by atoms with Crippen LogP contribution in [0.2, 0.25) is 0 Å². The summed E-state index contributed by atoms with van der Waals surface area (Å²) in [6.07, 6.45) is 6.88. The maximum atomic E-state index is 13.0. The van der Waals surface area contributed by atoms with Crippen molar-refractivity contribution in [1.82, 2.24) is 0 Å². The summed E-state index contributed by atoms with van der Waals surface area (Å²) in [4.78, 5) is 11.2. The van der Waals surface area contributed by atoms with Crippen molar-refractivity contribution in [3.05, 3.63) is 63.0 Å². The highest BCUT2D eigenvalue weighted by molar-refractivity contribution is 5.91. The summed E-state index contributed by atoms with van der Waals surface area (Å²) in [5.74, 6) is 3.23. The van der Waals surface area contributed by atoms with Gasteiger partial charge in [0.2, 0.25) is 0 Å². The number of aliphatic hydroxyl groups is 1. The van der Waals surface area contributed by atoms with E-state index in [9.17, 15) is 14.3 Å². The van der Waals surface area contributed by atoms with Gasteiger partial charge in [0.15, 0.2) is 0 Å². The van der Waals surface area contributed by atoms with E-state index in [2.05, 4.69) is 18.1 Å². The van der Waals surface area contributed by atoms with Gasteiger partial charge in [-0.05, 0) is 111 Å². The molecule has 2 amide bonds. The number of anilines is 1. The van der Waals surface area contributed by atoms with Crippen molar-refractivity contribution in [3.8, 4) is 0 Å². The van der Waals surface area contributed by atoms with Crippen LogP contribution in [0.4, 0.5) is 14.9 Å². The fourth-order valence-electron chi connectivity index (χ4n) is 4.48. The maximum Gasteiger partial charge on any atom is 0.316 e. The van der Waals surface area contributed by atoms with Crippen molar-refractivity contribution in [2.75, 3.05) is 5.32 Å². The molecule has 2 aromatic carbocycles. The molecular formula is C27H44FN3O3. The molecule has 0 atom stereocenters. The number of halogens is 1. The smallest absolute Gasteiger partial charge is 0.316 e. The Labute approximate surface area is 204 Å². The molecule has 4 rings (SSSR count). The average molecular weight is 478 g/mol. The third kappa shape index (κ3) is 7.52. The monoisotopic (exact) mass is 477 g/mol. The van der Waals surface area contributed by atoms with E-state index >= 15 is 0 Å². The van der Waals surface area contributed by atoms with Gasteiger partial charge in [0.1, 0.15) is 5.82 Å². The van der Waals surface area contributed by atoms with Crippen LogP contribution in [0, 0.1) is 19.7 Å². The van der Waals surface area contributed by atoms with Gasteiger partial charge >= 0.3 is 6.03 Å². The van der Waals surface area contributed by atoms with Crippen LogP contribution in [0.25, 0.3) is 0 Å². The molecular weight excluding hydrogens is 433 g/mol. The Morgan fingerprint density at radius 2 is 1.41 bits per heavy atom. The van der Waals surface area contributed by atoms with E-state index in [0.717, 1.165) is 31.4 Å². The predicted molar refractivity (Wildman–Crippen MR) is 139 cm³/mol. The molecule has 0 aliphatic heterocycles. The minimum atomic E-state index is -0.964. The van der Waals surface area contributed by atoms with Crippen LogP contribution >= 0.6 is 0 Å². The van der Waals surface area contributed by atoms with E-state index in [-0.39, 0.29) is 13.2 Å². The van der Waals surface area contributed by atoms with Gasteiger partial charge in [-0.25, -0.2) is 15.1 Å². The van der Waals surface area contributed by atoms with Gasteiger partial charge in [-0.2, -0.15) is 0 Å². The maximum absolute atomic E-state index is 13.0. The number of primary amides is 1. The number of urea groups is 1. The van der Waals surface area contributed by atoms with Crippen molar-refractivity contribution in [1.29, 1.82) is 0 Å². The summed E-state index contributed by atoms with van der Waals surface area (Å²) in [5.41, 5.74) is 13.7. The number of fused-ring (bicyclic) bond motifs is 2. The number of carbonyl (C=O) groups excluding carboxylic acids is 1. The number of rotatable bonds is 2. The predicted octanol–water partition coefficient (Wildman–Crippen LogP) is 5.82. The number of benzene rings is 2. The summed E-state index contributed by atoms with van der Waals surface area (Å²) in [6.45, 7) is 11.2. The minimum absolute atomic E-state index is 0. The Morgan fingerprint density at radius 1 is 0.971 bits per heavy atom. The number of hydrogen-bond donors (Lipinski definition) is 5. The van der Waals surface area contributed by atoms with Gasteiger partial charge in [0.25, 0.3) is 0 Å². The molecule has 0 unspecified atom stereocenters. The van der Waals surface area contributed by atoms with Gasteiger partial charge in [-0.15, -0.1) is 0 Å². The van der Waals surface area contributed by atoms with E-state index in [4.69, 9.17) is 10.9 Å². The van der Waals surface area contributed by atoms with E-state index in [1.54, 1.807) is 32.9 Å². The van der Waals surface area contributed by atoms with E-state index in [0.29, 0.717) is 11.1 Å². The van der Waals surface area contributed by atoms with E-state index < -0.39 is 11.6 Å². The van der Waals surface area contributed by atoms with Gasteiger partial charge < -0.3 is 21.4 Å². The first-order valence-electron chi connectivity index (χ1n) is 11.6. The zero-order chi connectivity index (χ0) is 25.3. The van der Waals surface area contributed by atoms with Gasteiger partial charge in [0, 0.05) is 5.69 Å². The lowest BCUT2D eigenvalue weighted by atomic mass is 9.93. The van der Waals surface area contributed by atoms with Crippen molar-refractivity contribution in [2.24, 2.45) is 11.6 Å². The molecule has 0 saturated carbocycles. The second-order valence-corrected chi connectivity index (χ2v) is 8.63. The molecule has 0 radical (unpaired) electrons. The Bertz CT molecular complexity index is 918. The van der Waals surface area contributed by atoms with Crippen molar-refractivity contribution in [2.45, 2.75) is 93.1 Å². The second kappa shape index (κ2) is 14.0. The standard InChI is InChI=1S/C14H18N2O.C10H13FO.C2H6.CH4.H3NO/c1-8-9-4-2-6-11(9)13(16-14(15)17)12-7-3-5-10(8)12;1-7-4-5-8(6-9(7)11)10(2,3)12;1-2;;1-2/h2-7H2,1H3,(H3,15,16,17);4-6,12H,1-3H3;1-2H3;1H4;2H,1H2. The van der Waals surface area contributed by atoms with Crippen molar-refractivity contribution >= 4 is 11.7 Å². The molecule has 192 valence electrons. The quantitative estimate of drug-likeness (QED) is 0.350. The molecule has 7 N–H and O–H groups in total. The largest absolute Gasteiger partial charge is 0.386 e. The third-order valence-electron chi connectivity index (χ3n) is 6.07. The van der Waals surface area contributed by atoms with Crippen LogP contribution in [0.1, 0.15) is 86.9 Å². The van der Waals surface area contributed by atoms with Crippen molar-refractivity contribution < 1.29 is 19.5 Å². The van der Waals surface area contributed by atoms with Crippen LogP contribution in [-0.4, -0.2) is 16.3 Å². The van der Waals surface area contributed by atoms with Crippen LogP contribution in [0.15, 0.2) is 18.2 Å². The lowest BCUT2D eigenvalue weighted by molar-refractivity contribution is 0.0782. The Hall–Kier alpha value is -2.48. The fourth-order valence-corrected chi connectivity index (χ4v) is 4.48. The highest BCUT2D eigenvalue weighted by atomic mass is 19.1. The topological polar surface area (TPSA) is 122 Å². The van der Waals surface area contributed by atoms with Crippen LogP contribution in [-0.2, 0) is 31.3 Å². The van der Waals surface area contributed by atoms with Gasteiger partial charge in [0.05, 0.1) is 5.60 Å². The molecule has 0 spiro atoms. The first kappa shape index (κ1) is 31.5. The van der Waals surface area contributed by atoms with E-state index in [1.807, 2.05) is 13.8 Å². The number of carbonyl (C=O) groups is 1. The van der Waals surface area contributed by atoms with Crippen LogP contribution in [0.3, 0.4) is 0 Å². The summed E-state index contributed by atoms with van der Waals surface area (Å²) >= 11 is 0. The molecule has 6 nitrogen and oxygen atoms in total. The molecule has 2 aliphatic carbocycles. The fraction of sp³-hybridized carbons (Fsp3) is 0.519.